The van der Waals surface area contributed by atoms with Gasteiger partial charge in [0.1, 0.15) is 0 Å². The first-order valence-electron chi connectivity index (χ1n) is 5.40. The summed E-state index contributed by atoms with van der Waals surface area (Å²) in [4.78, 5) is 11.7. The van der Waals surface area contributed by atoms with Gasteiger partial charge in [-0.1, -0.05) is 31.5 Å². The van der Waals surface area contributed by atoms with Crippen LogP contribution < -0.4 is 0 Å². The predicted octanol–water partition coefficient (Wildman–Crippen LogP) is 3.26. The Morgan fingerprint density at radius 2 is 1.87 bits per heavy atom. The maximum Gasteiger partial charge on any atom is 0.338 e. The number of aryl methyl sites for hydroxylation is 2. The number of esters is 1. The predicted molar refractivity (Wildman–Crippen MR) is 61.1 cm³/mol. The van der Waals surface area contributed by atoms with E-state index in [1.165, 1.54) is 0 Å². The summed E-state index contributed by atoms with van der Waals surface area (Å²) in [5, 5.41) is 0. The molecule has 15 heavy (non-hydrogen) atoms. The topological polar surface area (TPSA) is 26.3 Å². The average molecular weight is 206 g/mol. The van der Waals surface area contributed by atoms with Crippen LogP contribution in [0.2, 0.25) is 0 Å². The Morgan fingerprint density at radius 3 is 2.40 bits per heavy atom. The molecule has 0 amide bonds. The molecule has 0 aliphatic carbocycles. The number of hydrogen-bond donors (Lipinski definition) is 0. The van der Waals surface area contributed by atoms with Crippen LogP contribution in [-0.2, 0) is 4.74 Å². The second-order valence-electron chi connectivity index (χ2n) is 3.76. The number of rotatable bonds is 4. The Bertz CT molecular complexity index is 322. The fourth-order valence-corrected chi connectivity index (χ4v) is 1.52. The fraction of sp³-hybridized carbons (Fsp3) is 0.462. The van der Waals surface area contributed by atoms with Crippen LogP contribution in [0.4, 0.5) is 0 Å². The summed E-state index contributed by atoms with van der Waals surface area (Å²) in [6, 6.07) is 5.82. The van der Waals surface area contributed by atoms with E-state index in [1.54, 1.807) is 0 Å². The third kappa shape index (κ3) is 3.08. The lowest BCUT2D eigenvalue weighted by atomic mass is 10.0. The maximum absolute atomic E-state index is 11.7. The Hall–Kier alpha value is -1.31. The molecule has 0 aromatic heterocycles. The van der Waals surface area contributed by atoms with Crippen molar-refractivity contribution < 1.29 is 9.53 Å². The van der Waals surface area contributed by atoms with Gasteiger partial charge in [0.15, 0.2) is 0 Å². The lowest BCUT2D eigenvalue weighted by Gasteiger charge is -2.09. The molecule has 0 aliphatic rings. The van der Waals surface area contributed by atoms with Crippen molar-refractivity contribution in [3.05, 3.63) is 34.9 Å². The molecule has 0 N–H and O–H groups in total. The molecule has 2 nitrogen and oxygen atoms in total. The number of hydrogen-bond acceptors (Lipinski definition) is 2. The first-order chi connectivity index (χ1) is 7.16. The molecule has 0 fully saturated rings. The number of carbonyl (C=O) groups is 1. The SMILES string of the molecule is CCCCOC(=O)c1c(C)cccc1C. The van der Waals surface area contributed by atoms with E-state index in [4.69, 9.17) is 4.74 Å². The molecule has 0 spiro atoms. The molecular formula is C13H18O2. The quantitative estimate of drug-likeness (QED) is 0.558. The zero-order valence-electron chi connectivity index (χ0n) is 9.67. The number of ether oxygens (including phenoxy) is 1. The van der Waals surface area contributed by atoms with Gasteiger partial charge >= 0.3 is 5.97 Å². The largest absolute Gasteiger partial charge is 0.462 e. The number of unbranched alkanes of at least 4 members (excludes halogenated alkanes) is 1. The van der Waals surface area contributed by atoms with Crippen LogP contribution in [0, 0.1) is 13.8 Å². The molecule has 1 aromatic carbocycles. The van der Waals surface area contributed by atoms with Gasteiger partial charge in [-0.15, -0.1) is 0 Å². The third-order valence-electron chi connectivity index (χ3n) is 2.42. The van der Waals surface area contributed by atoms with Crippen LogP contribution in [0.25, 0.3) is 0 Å². The van der Waals surface area contributed by atoms with E-state index >= 15 is 0 Å². The highest BCUT2D eigenvalue weighted by molar-refractivity contribution is 5.92. The molecule has 2 heteroatoms. The maximum atomic E-state index is 11.7. The Morgan fingerprint density at radius 1 is 1.27 bits per heavy atom. The van der Waals surface area contributed by atoms with E-state index in [0.717, 1.165) is 24.0 Å². The van der Waals surface area contributed by atoms with Crippen molar-refractivity contribution in [2.24, 2.45) is 0 Å². The molecule has 0 unspecified atom stereocenters. The molecule has 0 heterocycles. The van der Waals surface area contributed by atoms with Crippen LogP contribution in [-0.4, -0.2) is 12.6 Å². The first-order valence-corrected chi connectivity index (χ1v) is 5.40. The monoisotopic (exact) mass is 206 g/mol. The number of benzene rings is 1. The molecule has 1 rings (SSSR count). The zero-order chi connectivity index (χ0) is 11.3. The van der Waals surface area contributed by atoms with Crippen molar-refractivity contribution in [1.29, 1.82) is 0 Å². The van der Waals surface area contributed by atoms with E-state index in [9.17, 15) is 4.79 Å². The summed E-state index contributed by atoms with van der Waals surface area (Å²) in [5.41, 5.74) is 2.68. The van der Waals surface area contributed by atoms with Gasteiger partial charge < -0.3 is 4.74 Å². The van der Waals surface area contributed by atoms with Gasteiger partial charge in [-0.25, -0.2) is 4.79 Å². The Balaban J connectivity index is 2.73. The molecule has 0 saturated carbocycles. The molecule has 0 radical (unpaired) electrons. The summed E-state index contributed by atoms with van der Waals surface area (Å²) in [5.74, 6) is -0.195. The van der Waals surface area contributed by atoms with Crippen LogP contribution in [0.15, 0.2) is 18.2 Å². The Labute approximate surface area is 91.3 Å². The molecule has 82 valence electrons. The van der Waals surface area contributed by atoms with Crippen molar-refractivity contribution in [3.63, 3.8) is 0 Å². The zero-order valence-corrected chi connectivity index (χ0v) is 9.67. The summed E-state index contributed by atoms with van der Waals surface area (Å²) in [6.07, 6.45) is 1.97. The van der Waals surface area contributed by atoms with E-state index in [0.29, 0.717) is 12.2 Å². The van der Waals surface area contributed by atoms with Crippen LogP contribution in [0.1, 0.15) is 41.3 Å². The summed E-state index contributed by atoms with van der Waals surface area (Å²) in [7, 11) is 0. The lowest BCUT2D eigenvalue weighted by Crippen LogP contribution is -2.09. The van der Waals surface area contributed by atoms with E-state index in [1.807, 2.05) is 32.0 Å². The second kappa shape index (κ2) is 5.54. The fourth-order valence-electron chi connectivity index (χ4n) is 1.52. The van der Waals surface area contributed by atoms with Crippen LogP contribution in [0.3, 0.4) is 0 Å². The normalized spacial score (nSPS) is 10.1. The number of carbonyl (C=O) groups excluding carboxylic acids is 1. The molecule has 0 aliphatic heterocycles. The molecule has 0 atom stereocenters. The first kappa shape index (κ1) is 11.8. The van der Waals surface area contributed by atoms with Gasteiger partial charge in [0.2, 0.25) is 0 Å². The van der Waals surface area contributed by atoms with Gasteiger partial charge in [-0.2, -0.15) is 0 Å². The van der Waals surface area contributed by atoms with Crippen molar-refractivity contribution in [2.45, 2.75) is 33.6 Å². The molecule has 1 aromatic rings. The van der Waals surface area contributed by atoms with Crippen molar-refractivity contribution in [2.75, 3.05) is 6.61 Å². The third-order valence-corrected chi connectivity index (χ3v) is 2.42. The van der Waals surface area contributed by atoms with Crippen molar-refractivity contribution >= 4 is 5.97 Å². The highest BCUT2D eigenvalue weighted by Crippen LogP contribution is 2.14. The van der Waals surface area contributed by atoms with Crippen molar-refractivity contribution in [1.82, 2.24) is 0 Å². The second-order valence-corrected chi connectivity index (χ2v) is 3.76. The minimum Gasteiger partial charge on any atom is -0.462 e. The summed E-state index contributed by atoms with van der Waals surface area (Å²) >= 11 is 0. The lowest BCUT2D eigenvalue weighted by molar-refractivity contribution is 0.0498. The van der Waals surface area contributed by atoms with Gasteiger partial charge in [-0.05, 0) is 31.4 Å². The van der Waals surface area contributed by atoms with Gasteiger partial charge in [-0.3, -0.25) is 0 Å². The van der Waals surface area contributed by atoms with E-state index < -0.39 is 0 Å². The highest BCUT2D eigenvalue weighted by Gasteiger charge is 2.12. The molecule has 0 saturated heterocycles. The average Bonchev–Trinajstić information content (AvgIpc) is 2.18. The summed E-state index contributed by atoms with van der Waals surface area (Å²) < 4.78 is 5.19. The van der Waals surface area contributed by atoms with Crippen LogP contribution in [0.5, 0.6) is 0 Å². The van der Waals surface area contributed by atoms with Crippen LogP contribution >= 0.6 is 0 Å². The molecule has 0 bridgehead atoms. The Kier molecular flexibility index (Phi) is 4.35. The van der Waals surface area contributed by atoms with E-state index in [-0.39, 0.29) is 5.97 Å². The summed E-state index contributed by atoms with van der Waals surface area (Å²) in [6.45, 7) is 6.46. The van der Waals surface area contributed by atoms with Gasteiger partial charge in [0.05, 0.1) is 12.2 Å². The van der Waals surface area contributed by atoms with Gasteiger partial charge in [0.25, 0.3) is 0 Å². The van der Waals surface area contributed by atoms with E-state index in [2.05, 4.69) is 6.92 Å². The highest BCUT2D eigenvalue weighted by atomic mass is 16.5. The minimum absolute atomic E-state index is 0.195. The minimum atomic E-state index is -0.195. The standard InChI is InChI=1S/C13H18O2/c1-4-5-9-15-13(14)12-10(2)7-6-8-11(12)3/h6-8H,4-5,9H2,1-3H3. The smallest absolute Gasteiger partial charge is 0.338 e. The van der Waals surface area contributed by atoms with Crippen molar-refractivity contribution in [3.8, 4) is 0 Å². The molecular weight excluding hydrogens is 188 g/mol. The van der Waals surface area contributed by atoms with Gasteiger partial charge in [0, 0.05) is 0 Å².